The van der Waals surface area contributed by atoms with E-state index < -0.39 is 82.4 Å². The summed E-state index contributed by atoms with van der Waals surface area (Å²) in [7, 11) is -6.22. The Labute approximate surface area is 157 Å². The lowest BCUT2D eigenvalue weighted by Gasteiger charge is -2.30. The molecular formula is C15H16F3O9S-. The molecule has 2 saturated carbocycles. The molecule has 3 aliphatic rings. The molecule has 3 rings (SSSR count). The van der Waals surface area contributed by atoms with Crippen LogP contribution in [0.4, 0.5) is 13.2 Å². The third-order valence-electron chi connectivity index (χ3n) is 5.43. The number of fused-ring (bicyclic) bond motifs is 1. The van der Waals surface area contributed by atoms with E-state index in [1.165, 1.54) is 0 Å². The summed E-state index contributed by atoms with van der Waals surface area (Å²) in [6.45, 7) is 0.224. The van der Waals surface area contributed by atoms with Gasteiger partial charge in [0, 0.05) is 25.2 Å². The lowest BCUT2D eigenvalue weighted by molar-refractivity contribution is -0.164. The lowest BCUT2D eigenvalue weighted by atomic mass is 9.78. The summed E-state index contributed by atoms with van der Waals surface area (Å²) in [4.78, 5) is 35.7. The van der Waals surface area contributed by atoms with Crippen molar-refractivity contribution in [3.8, 4) is 0 Å². The van der Waals surface area contributed by atoms with Crippen molar-refractivity contribution in [2.45, 2.75) is 43.4 Å². The van der Waals surface area contributed by atoms with Crippen LogP contribution in [0.15, 0.2) is 0 Å². The average Bonchev–Trinajstić information content (AvgIpc) is 3.16. The van der Waals surface area contributed by atoms with Gasteiger partial charge in [0.15, 0.2) is 16.3 Å². The molecule has 7 unspecified atom stereocenters. The molecule has 7 atom stereocenters. The van der Waals surface area contributed by atoms with Crippen molar-refractivity contribution in [2.75, 3.05) is 6.61 Å². The van der Waals surface area contributed by atoms with E-state index in [4.69, 9.17) is 14.2 Å². The summed E-state index contributed by atoms with van der Waals surface area (Å²) < 4.78 is 85.8. The fourth-order valence-electron chi connectivity index (χ4n) is 4.34. The number of hydrogen-bond acceptors (Lipinski definition) is 9. The molecule has 0 N–H and O–H groups in total. The standard InChI is InChI=1S/C15H17F3O9S/c1-5(19)26-11-6-4-7-10(14(21)27-12(7)11)9(6)13(20)25-3-2-8(16)15(17,18)28(22,23)24/h6-12H,2-4H2,1H3,(H,22,23,24)/p-1. The minimum absolute atomic E-state index is 0.358. The van der Waals surface area contributed by atoms with Gasteiger partial charge in [0.1, 0.15) is 12.2 Å². The third kappa shape index (κ3) is 3.23. The van der Waals surface area contributed by atoms with Gasteiger partial charge in [-0.25, -0.2) is 12.8 Å². The first-order valence-electron chi connectivity index (χ1n) is 8.38. The molecular weight excluding hydrogens is 413 g/mol. The van der Waals surface area contributed by atoms with Gasteiger partial charge in [0.25, 0.3) is 0 Å². The topological polar surface area (TPSA) is 136 Å². The quantitative estimate of drug-likeness (QED) is 0.314. The van der Waals surface area contributed by atoms with Gasteiger partial charge in [-0.05, 0) is 6.42 Å². The summed E-state index contributed by atoms with van der Waals surface area (Å²) in [5.74, 6) is -5.11. The molecule has 13 heteroatoms. The van der Waals surface area contributed by atoms with Gasteiger partial charge >= 0.3 is 23.2 Å². The van der Waals surface area contributed by atoms with Crippen molar-refractivity contribution >= 4 is 28.0 Å². The molecule has 158 valence electrons. The van der Waals surface area contributed by atoms with Crippen molar-refractivity contribution < 1.29 is 54.7 Å². The molecule has 0 amide bonds. The number of carbonyl (C=O) groups excluding carboxylic acids is 3. The van der Waals surface area contributed by atoms with Crippen LogP contribution in [0.1, 0.15) is 19.8 Å². The zero-order valence-corrected chi connectivity index (χ0v) is 15.2. The van der Waals surface area contributed by atoms with Crippen LogP contribution in [0.5, 0.6) is 0 Å². The number of halogens is 3. The van der Waals surface area contributed by atoms with Crippen molar-refractivity contribution in [3.05, 3.63) is 0 Å². The molecule has 0 aromatic heterocycles. The van der Waals surface area contributed by atoms with Gasteiger partial charge in [-0.15, -0.1) is 0 Å². The molecule has 3 fully saturated rings. The molecule has 0 aromatic rings. The van der Waals surface area contributed by atoms with Gasteiger partial charge in [0.2, 0.25) is 0 Å². The number of ether oxygens (including phenoxy) is 3. The fraction of sp³-hybridized carbons (Fsp3) is 0.800. The highest BCUT2D eigenvalue weighted by Gasteiger charge is 2.70. The summed E-state index contributed by atoms with van der Waals surface area (Å²) in [5.41, 5.74) is 0. The number of esters is 3. The first-order valence-corrected chi connectivity index (χ1v) is 9.78. The highest BCUT2D eigenvalue weighted by Crippen LogP contribution is 2.59. The van der Waals surface area contributed by atoms with Crippen LogP contribution in [0.25, 0.3) is 0 Å². The minimum atomic E-state index is -6.22. The van der Waals surface area contributed by atoms with E-state index in [9.17, 15) is 40.5 Å². The summed E-state index contributed by atoms with van der Waals surface area (Å²) >= 11 is 0. The third-order valence-corrected chi connectivity index (χ3v) is 6.36. The second-order valence-electron chi connectivity index (χ2n) is 7.03. The monoisotopic (exact) mass is 429 g/mol. The second-order valence-corrected chi connectivity index (χ2v) is 8.48. The average molecular weight is 429 g/mol. The fourth-order valence-corrected chi connectivity index (χ4v) is 4.78. The summed E-state index contributed by atoms with van der Waals surface area (Å²) in [6.07, 6.45) is -5.74. The normalized spacial score (nSPS) is 34.8. The van der Waals surface area contributed by atoms with Crippen LogP contribution in [0.2, 0.25) is 0 Å². The van der Waals surface area contributed by atoms with Gasteiger partial charge in [-0.1, -0.05) is 0 Å². The molecule has 1 saturated heterocycles. The van der Waals surface area contributed by atoms with Crippen molar-refractivity contribution in [1.29, 1.82) is 0 Å². The zero-order chi connectivity index (χ0) is 21.0. The lowest BCUT2D eigenvalue weighted by Crippen LogP contribution is -2.44. The maximum Gasteiger partial charge on any atom is 0.364 e. The molecule has 28 heavy (non-hydrogen) atoms. The first kappa shape index (κ1) is 20.8. The Morgan fingerprint density at radius 1 is 1.36 bits per heavy atom. The van der Waals surface area contributed by atoms with Crippen LogP contribution in [0, 0.1) is 23.7 Å². The van der Waals surface area contributed by atoms with Gasteiger partial charge < -0.3 is 18.8 Å². The molecule has 2 aliphatic carbocycles. The summed E-state index contributed by atoms with van der Waals surface area (Å²) in [6, 6.07) is 0. The van der Waals surface area contributed by atoms with Gasteiger partial charge in [-0.2, -0.15) is 8.78 Å². The maximum atomic E-state index is 13.4. The Bertz CT molecular complexity index is 799. The number of alkyl halides is 3. The highest BCUT2D eigenvalue weighted by molar-refractivity contribution is 7.86. The Morgan fingerprint density at radius 2 is 2.00 bits per heavy atom. The van der Waals surface area contributed by atoms with E-state index in [0.717, 1.165) is 6.92 Å². The predicted molar refractivity (Wildman–Crippen MR) is 79.1 cm³/mol. The Kier molecular flexibility index (Phi) is 5.11. The predicted octanol–water partition coefficient (Wildman–Crippen LogP) is 0.135. The van der Waals surface area contributed by atoms with Gasteiger partial charge in [-0.3, -0.25) is 14.4 Å². The SMILES string of the molecule is CC(=O)OC1C2CC3C1OC(=O)C3C2C(=O)OCCC(F)C(F)(F)S(=O)(=O)[O-]. The molecule has 0 spiro atoms. The Balaban J connectivity index is 1.63. The highest BCUT2D eigenvalue weighted by atomic mass is 32.2. The second kappa shape index (κ2) is 6.87. The van der Waals surface area contributed by atoms with Crippen molar-refractivity contribution in [3.63, 3.8) is 0 Å². The van der Waals surface area contributed by atoms with E-state index in [1.54, 1.807) is 0 Å². The number of rotatable bonds is 7. The molecule has 0 radical (unpaired) electrons. The van der Waals surface area contributed by atoms with E-state index in [1.807, 2.05) is 0 Å². The minimum Gasteiger partial charge on any atom is -0.743 e. The molecule has 0 aromatic carbocycles. The number of carbonyl (C=O) groups is 3. The Morgan fingerprint density at radius 3 is 2.57 bits per heavy atom. The Hall–Kier alpha value is -1.89. The van der Waals surface area contributed by atoms with E-state index in [0.29, 0.717) is 6.42 Å². The van der Waals surface area contributed by atoms with Crippen LogP contribution in [-0.2, 0) is 38.7 Å². The van der Waals surface area contributed by atoms with Crippen molar-refractivity contribution in [1.82, 2.24) is 0 Å². The smallest absolute Gasteiger partial charge is 0.364 e. The molecule has 1 aliphatic heterocycles. The van der Waals surface area contributed by atoms with Crippen LogP contribution < -0.4 is 0 Å². The molecule has 2 bridgehead atoms. The van der Waals surface area contributed by atoms with E-state index in [-0.39, 0.29) is 5.92 Å². The van der Waals surface area contributed by atoms with Crippen LogP contribution >= 0.6 is 0 Å². The van der Waals surface area contributed by atoms with Crippen LogP contribution in [0.3, 0.4) is 0 Å². The molecule has 1 heterocycles. The largest absolute Gasteiger partial charge is 0.743 e. The number of hydrogen-bond donors (Lipinski definition) is 0. The maximum absolute atomic E-state index is 13.4. The van der Waals surface area contributed by atoms with E-state index in [2.05, 4.69) is 0 Å². The zero-order valence-electron chi connectivity index (χ0n) is 14.4. The van der Waals surface area contributed by atoms with Gasteiger partial charge in [0.05, 0.1) is 18.4 Å². The van der Waals surface area contributed by atoms with Crippen LogP contribution in [-0.4, -0.2) is 61.1 Å². The molecule has 9 nitrogen and oxygen atoms in total. The van der Waals surface area contributed by atoms with Crippen molar-refractivity contribution in [2.24, 2.45) is 23.7 Å². The van der Waals surface area contributed by atoms with E-state index >= 15 is 0 Å². The first-order chi connectivity index (χ1) is 12.9. The summed E-state index contributed by atoms with van der Waals surface area (Å²) in [5, 5.41) is -5.16.